The van der Waals surface area contributed by atoms with Gasteiger partial charge in [0.1, 0.15) is 0 Å². The van der Waals surface area contributed by atoms with Gasteiger partial charge in [0, 0.05) is 6.08 Å². The molecule has 0 spiro atoms. The van der Waals surface area contributed by atoms with Crippen LogP contribution in [0.4, 0.5) is 0 Å². The summed E-state index contributed by atoms with van der Waals surface area (Å²) in [6, 6.07) is 8.42. The lowest BCUT2D eigenvalue weighted by Crippen LogP contribution is -2.13. The van der Waals surface area contributed by atoms with E-state index in [4.69, 9.17) is 5.11 Å². The van der Waals surface area contributed by atoms with Gasteiger partial charge in [-0.15, -0.1) is 0 Å². The Morgan fingerprint density at radius 3 is 2.39 bits per heavy atom. The van der Waals surface area contributed by atoms with Crippen molar-refractivity contribution < 1.29 is 9.90 Å². The predicted molar refractivity (Wildman–Crippen MR) is 96.6 cm³/mol. The highest BCUT2D eigenvalue weighted by molar-refractivity contribution is 5.85. The minimum atomic E-state index is -0.897. The molecule has 0 bridgehead atoms. The SMILES string of the molecule is CCCCCCC1CCC(c2ccc(C=CC(=O)O)cc2)CC1. The number of carboxylic acid groups (broad SMARTS) is 1. The van der Waals surface area contributed by atoms with E-state index < -0.39 is 5.97 Å². The highest BCUT2D eigenvalue weighted by Crippen LogP contribution is 2.37. The summed E-state index contributed by atoms with van der Waals surface area (Å²) in [5, 5.41) is 8.66. The normalized spacial score (nSPS) is 21.6. The highest BCUT2D eigenvalue weighted by atomic mass is 16.4. The van der Waals surface area contributed by atoms with Gasteiger partial charge in [0.05, 0.1) is 0 Å². The maximum atomic E-state index is 10.5. The van der Waals surface area contributed by atoms with Gasteiger partial charge >= 0.3 is 5.97 Å². The number of carboxylic acids is 1. The molecule has 23 heavy (non-hydrogen) atoms. The Hall–Kier alpha value is -1.57. The second-order valence-electron chi connectivity index (χ2n) is 6.91. The van der Waals surface area contributed by atoms with Crippen molar-refractivity contribution in [1.29, 1.82) is 0 Å². The zero-order valence-corrected chi connectivity index (χ0v) is 14.3. The molecule has 1 aliphatic rings. The Balaban J connectivity index is 1.77. The molecule has 2 heteroatoms. The van der Waals surface area contributed by atoms with Crippen LogP contribution in [-0.2, 0) is 4.79 Å². The molecule has 1 aromatic rings. The van der Waals surface area contributed by atoms with Crippen LogP contribution >= 0.6 is 0 Å². The summed E-state index contributed by atoms with van der Waals surface area (Å²) in [5.41, 5.74) is 2.38. The number of rotatable bonds is 8. The van der Waals surface area contributed by atoms with E-state index in [1.165, 1.54) is 69.4 Å². The van der Waals surface area contributed by atoms with Crippen molar-refractivity contribution in [1.82, 2.24) is 0 Å². The van der Waals surface area contributed by atoms with Crippen LogP contribution in [0, 0.1) is 5.92 Å². The fourth-order valence-corrected chi connectivity index (χ4v) is 3.69. The molecule has 0 heterocycles. The highest BCUT2D eigenvalue weighted by Gasteiger charge is 2.21. The number of aliphatic carboxylic acids is 1. The largest absolute Gasteiger partial charge is 0.478 e. The zero-order valence-electron chi connectivity index (χ0n) is 14.3. The summed E-state index contributed by atoms with van der Waals surface area (Å²) in [6.07, 6.45) is 15.2. The Morgan fingerprint density at radius 1 is 1.09 bits per heavy atom. The first-order chi connectivity index (χ1) is 11.2. The van der Waals surface area contributed by atoms with Gasteiger partial charge in [-0.2, -0.15) is 0 Å². The van der Waals surface area contributed by atoms with E-state index in [0.717, 1.165) is 11.5 Å². The number of unbranched alkanes of at least 4 members (excludes halogenated alkanes) is 3. The van der Waals surface area contributed by atoms with Crippen molar-refractivity contribution in [3.63, 3.8) is 0 Å². The van der Waals surface area contributed by atoms with Crippen LogP contribution in [0.2, 0.25) is 0 Å². The van der Waals surface area contributed by atoms with E-state index in [1.807, 2.05) is 12.1 Å². The third-order valence-electron chi connectivity index (χ3n) is 5.14. The molecular weight excluding hydrogens is 284 g/mol. The lowest BCUT2D eigenvalue weighted by atomic mass is 9.77. The Kier molecular flexibility index (Phi) is 7.38. The molecule has 1 fully saturated rings. The summed E-state index contributed by atoms with van der Waals surface area (Å²) >= 11 is 0. The van der Waals surface area contributed by atoms with Crippen LogP contribution in [0.5, 0.6) is 0 Å². The zero-order chi connectivity index (χ0) is 16.5. The maximum Gasteiger partial charge on any atom is 0.328 e. The summed E-state index contributed by atoms with van der Waals surface area (Å²) < 4.78 is 0. The van der Waals surface area contributed by atoms with Crippen LogP contribution in [0.3, 0.4) is 0 Å². The minimum absolute atomic E-state index is 0.694. The van der Waals surface area contributed by atoms with Crippen molar-refractivity contribution in [2.45, 2.75) is 70.6 Å². The Bertz CT molecular complexity index is 493. The van der Waals surface area contributed by atoms with E-state index in [0.29, 0.717) is 5.92 Å². The number of benzene rings is 1. The van der Waals surface area contributed by atoms with Crippen LogP contribution in [0.25, 0.3) is 6.08 Å². The lowest BCUT2D eigenvalue weighted by molar-refractivity contribution is -0.131. The molecule has 1 saturated carbocycles. The molecule has 0 unspecified atom stereocenters. The van der Waals surface area contributed by atoms with Gasteiger partial charge in [-0.05, 0) is 54.7 Å². The molecule has 2 nitrogen and oxygen atoms in total. The van der Waals surface area contributed by atoms with Gasteiger partial charge < -0.3 is 5.11 Å². The Morgan fingerprint density at radius 2 is 1.78 bits per heavy atom. The molecule has 0 atom stereocenters. The molecule has 0 radical (unpaired) electrons. The molecule has 0 aliphatic heterocycles. The topological polar surface area (TPSA) is 37.3 Å². The van der Waals surface area contributed by atoms with Gasteiger partial charge in [-0.3, -0.25) is 0 Å². The molecule has 1 N–H and O–H groups in total. The minimum Gasteiger partial charge on any atom is -0.478 e. The maximum absolute atomic E-state index is 10.5. The fourth-order valence-electron chi connectivity index (χ4n) is 3.69. The third kappa shape index (κ3) is 6.21. The quantitative estimate of drug-likeness (QED) is 0.470. The van der Waals surface area contributed by atoms with Gasteiger partial charge in [0.25, 0.3) is 0 Å². The molecule has 0 aromatic heterocycles. The van der Waals surface area contributed by atoms with Crippen molar-refractivity contribution in [2.75, 3.05) is 0 Å². The first-order valence-electron chi connectivity index (χ1n) is 9.20. The molecule has 1 aliphatic carbocycles. The van der Waals surface area contributed by atoms with Crippen molar-refractivity contribution in [3.05, 3.63) is 41.5 Å². The molecular formula is C21H30O2. The molecule has 126 valence electrons. The molecule has 0 amide bonds. The average molecular weight is 314 g/mol. The van der Waals surface area contributed by atoms with E-state index in [9.17, 15) is 4.79 Å². The lowest BCUT2D eigenvalue weighted by Gasteiger charge is -2.29. The smallest absolute Gasteiger partial charge is 0.328 e. The van der Waals surface area contributed by atoms with E-state index in [2.05, 4.69) is 19.1 Å². The number of carbonyl (C=O) groups is 1. The van der Waals surface area contributed by atoms with E-state index in [-0.39, 0.29) is 0 Å². The van der Waals surface area contributed by atoms with E-state index in [1.54, 1.807) is 6.08 Å². The van der Waals surface area contributed by atoms with Crippen molar-refractivity contribution in [2.24, 2.45) is 5.92 Å². The van der Waals surface area contributed by atoms with E-state index >= 15 is 0 Å². The van der Waals surface area contributed by atoms with Crippen molar-refractivity contribution >= 4 is 12.0 Å². The average Bonchev–Trinajstić information content (AvgIpc) is 2.58. The molecule has 2 rings (SSSR count). The van der Waals surface area contributed by atoms with Gasteiger partial charge in [-0.1, -0.05) is 63.3 Å². The second-order valence-corrected chi connectivity index (χ2v) is 6.91. The predicted octanol–water partition coefficient (Wildman–Crippen LogP) is 6.03. The van der Waals surface area contributed by atoms with Crippen LogP contribution < -0.4 is 0 Å². The fraction of sp³-hybridized carbons (Fsp3) is 0.571. The number of hydrogen-bond donors (Lipinski definition) is 1. The van der Waals surface area contributed by atoms with Gasteiger partial charge in [0.15, 0.2) is 0 Å². The molecule has 0 saturated heterocycles. The summed E-state index contributed by atoms with van der Waals surface area (Å²) in [5.74, 6) is 0.742. The second kappa shape index (κ2) is 9.54. The first kappa shape index (κ1) is 17.8. The standard InChI is InChI=1S/C21H30O2/c1-2-3-4-5-6-17-7-12-19(13-8-17)20-14-9-18(10-15-20)11-16-21(22)23/h9-11,14-17,19H,2-8,12-13H2,1H3,(H,22,23). The summed E-state index contributed by atoms with van der Waals surface area (Å²) in [7, 11) is 0. The third-order valence-corrected chi connectivity index (χ3v) is 5.14. The van der Waals surface area contributed by atoms with Gasteiger partial charge in [0.2, 0.25) is 0 Å². The molecule has 1 aromatic carbocycles. The number of hydrogen-bond acceptors (Lipinski definition) is 1. The first-order valence-corrected chi connectivity index (χ1v) is 9.20. The summed E-state index contributed by atoms with van der Waals surface area (Å²) in [4.78, 5) is 10.5. The Labute approximate surface area is 140 Å². The van der Waals surface area contributed by atoms with Gasteiger partial charge in [-0.25, -0.2) is 4.79 Å². The van der Waals surface area contributed by atoms with Crippen molar-refractivity contribution in [3.8, 4) is 0 Å². The monoisotopic (exact) mass is 314 g/mol. The summed E-state index contributed by atoms with van der Waals surface area (Å²) in [6.45, 7) is 2.27. The van der Waals surface area contributed by atoms with Crippen LogP contribution in [0.15, 0.2) is 30.3 Å². The van der Waals surface area contributed by atoms with Crippen LogP contribution in [0.1, 0.15) is 81.8 Å². The van der Waals surface area contributed by atoms with Crippen LogP contribution in [-0.4, -0.2) is 11.1 Å².